The molecule has 31 heavy (non-hydrogen) atoms. The van der Waals surface area contributed by atoms with Gasteiger partial charge in [0.1, 0.15) is 12.5 Å². The van der Waals surface area contributed by atoms with Gasteiger partial charge < -0.3 is 15.5 Å². The van der Waals surface area contributed by atoms with Gasteiger partial charge in [0.2, 0.25) is 11.8 Å². The Bertz CT molecular complexity index is 939. The van der Waals surface area contributed by atoms with Crippen LogP contribution in [-0.2, 0) is 9.59 Å². The Morgan fingerprint density at radius 1 is 1.19 bits per heavy atom. The smallest absolute Gasteiger partial charge is 0.240 e. The molecule has 0 spiro atoms. The van der Waals surface area contributed by atoms with E-state index in [1.165, 1.54) is 9.80 Å². The zero-order valence-electron chi connectivity index (χ0n) is 18.2. The number of hydrogen-bond donors (Lipinski definition) is 1. The first-order valence-electron chi connectivity index (χ1n) is 11.0. The Labute approximate surface area is 181 Å². The van der Waals surface area contributed by atoms with Gasteiger partial charge in [0.15, 0.2) is 5.65 Å². The SMILES string of the molecule is CN(C)C(=O)[C@@H](C1CCC(c2cccc3ncnn23)CC1)C(N)C(=O)N1CC[C@H](F)C1. The molecule has 2 amide bonds. The summed E-state index contributed by atoms with van der Waals surface area (Å²) in [5.41, 5.74) is 8.32. The molecule has 1 aliphatic carbocycles. The molecule has 2 fully saturated rings. The fourth-order valence-electron chi connectivity index (χ4n) is 5.18. The highest BCUT2D eigenvalue weighted by Crippen LogP contribution is 2.40. The van der Waals surface area contributed by atoms with E-state index < -0.39 is 18.1 Å². The lowest BCUT2D eigenvalue weighted by Gasteiger charge is -2.37. The number of nitrogens with two attached hydrogens (primary N) is 1. The second kappa shape index (κ2) is 8.90. The maximum Gasteiger partial charge on any atom is 0.240 e. The highest BCUT2D eigenvalue weighted by molar-refractivity contribution is 5.90. The summed E-state index contributed by atoms with van der Waals surface area (Å²) < 4.78 is 15.5. The lowest BCUT2D eigenvalue weighted by Crippen LogP contribution is -2.54. The number of amides is 2. The molecule has 3 heterocycles. The quantitative estimate of drug-likeness (QED) is 0.777. The van der Waals surface area contributed by atoms with Crippen LogP contribution in [0, 0.1) is 11.8 Å². The number of carbonyl (C=O) groups is 2. The number of hydrogen-bond acceptors (Lipinski definition) is 5. The van der Waals surface area contributed by atoms with Crippen molar-refractivity contribution in [3.05, 3.63) is 30.2 Å². The second-order valence-electron chi connectivity index (χ2n) is 9.05. The highest BCUT2D eigenvalue weighted by atomic mass is 19.1. The van der Waals surface area contributed by atoms with Crippen LogP contribution in [0.3, 0.4) is 0 Å². The minimum Gasteiger partial charge on any atom is -0.349 e. The van der Waals surface area contributed by atoms with E-state index in [0.29, 0.717) is 18.9 Å². The van der Waals surface area contributed by atoms with Crippen LogP contribution in [0.25, 0.3) is 5.65 Å². The van der Waals surface area contributed by atoms with E-state index in [2.05, 4.69) is 16.1 Å². The summed E-state index contributed by atoms with van der Waals surface area (Å²) in [6.07, 6.45) is 4.26. The van der Waals surface area contributed by atoms with Gasteiger partial charge in [-0.25, -0.2) is 13.9 Å². The van der Waals surface area contributed by atoms with E-state index in [1.54, 1.807) is 20.4 Å². The van der Waals surface area contributed by atoms with Crippen LogP contribution >= 0.6 is 0 Å². The molecular weight excluding hydrogens is 399 g/mol. The van der Waals surface area contributed by atoms with E-state index in [0.717, 1.165) is 37.0 Å². The molecule has 1 aliphatic heterocycles. The van der Waals surface area contributed by atoms with Gasteiger partial charge in [-0.05, 0) is 50.2 Å². The first kappa shape index (κ1) is 21.7. The summed E-state index contributed by atoms with van der Waals surface area (Å²) >= 11 is 0. The van der Waals surface area contributed by atoms with E-state index in [4.69, 9.17) is 5.73 Å². The molecule has 1 saturated carbocycles. The minimum absolute atomic E-state index is 0.0174. The first-order valence-corrected chi connectivity index (χ1v) is 11.0. The predicted molar refractivity (Wildman–Crippen MR) is 114 cm³/mol. The Hall–Kier alpha value is -2.55. The lowest BCUT2D eigenvalue weighted by atomic mass is 9.72. The predicted octanol–water partition coefficient (Wildman–Crippen LogP) is 1.61. The van der Waals surface area contributed by atoms with Crippen LogP contribution in [0.5, 0.6) is 0 Å². The van der Waals surface area contributed by atoms with Crippen molar-refractivity contribution < 1.29 is 14.0 Å². The van der Waals surface area contributed by atoms with Crippen LogP contribution < -0.4 is 5.73 Å². The van der Waals surface area contributed by atoms with Gasteiger partial charge in [-0.2, -0.15) is 5.10 Å². The third-order valence-electron chi connectivity index (χ3n) is 6.87. The van der Waals surface area contributed by atoms with Gasteiger partial charge in [-0.15, -0.1) is 0 Å². The van der Waals surface area contributed by atoms with E-state index in [1.807, 2.05) is 16.6 Å². The summed E-state index contributed by atoms with van der Waals surface area (Å²) in [7, 11) is 3.38. The molecule has 2 aromatic heterocycles. The van der Waals surface area contributed by atoms with Crippen molar-refractivity contribution in [3.63, 3.8) is 0 Å². The molecule has 2 aromatic rings. The van der Waals surface area contributed by atoms with Crippen molar-refractivity contribution in [3.8, 4) is 0 Å². The molecule has 4 rings (SSSR count). The van der Waals surface area contributed by atoms with Crippen LogP contribution in [0.2, 0.25) is 0 Å². The number of alkyl halides is 1. The summed E-state index contributed by atoms with van der Waals surface area (Å²) in [6.45, 7) is 0.440. The second-order valence-corrected chi connectivity index (χ2v) is 9.05. The van der Waals surface area contributed by atoms with Gasteiger partial charge in [-0.1, -0.05) is 6.07 Å². The zero-order chi connectivity index (χ0) is 22.1. The summed E-state index contributed by atoms with van der Waals surface area (Å²) in [4.78, 5) is 33.2. The van der Waals surface area contributed by atoms with Crippen LogP contribution in [-0.4, -0.2) is 75.6 Å². The number of pyridine rings is 1. The third kappa shape index (κ3) is 4.28. The average Bonchev–Trinajstić information content (AvgIpc) is 3.42. The Kier molecular flexibility index (Phi) is 6.22. The number of likely N-dealkylation sites (tertiary alicyclic amines) is 1. The number of carbonyl (C=O) groups excluding carboxylic acids is 2. The Morgan fingerprint density at radius 2 is 1.94 bits per heavy atom. The number of fused-ring (bicyclic) bond motifs is 1. The van der Waals surface area contributed by atoms with Crippen LogP contribution in [0.1, 0.15) is 43.7 Å². The van der Waals surface area contributed by atoms with Crippen molar-refractivity contribution in [2.45, 2.75) is 50.2 Å². The maximum atomic E-state index is 13.6. The van der Waals surface area contributed by atoms with Crippen molar-refractivity contribution in [1.82, 2.24) is 24.4 Å². The van der Waals surface area contributed by atoms with Crippen molar-refractivity contribution in [2.24, 2.45) is 17.6 Å². The molecule has 0 aromatic carbocycles. The topological polar surface area (TPSA) is 96.8 Å². The largest absolute Gasteiger partial charge is 0.349 e. The molecule has 9 heteroatoms. The van der Waals surface area contributed by atoms with Gasteiger partial charge in [-0.3, -0.25) is 9.59 Å². The standard InChI is InChI=1S/C22H31FN6O2/c1-27(2)21(30)19(20(24)22(31)28-11-10-16(23)12-28)15-8-6-14(7-9-15)17-4-3-5-18-25-13-26-29(17)18/h3-5,13-16,19-20H,6-12,24H2,1-2H3/t14?,15?,16-,19-,20?/m0/s1. The van der Waals surface area contributed by atoms with E-state index >= 15 is 0 Å². The zero-order valence-corrected chi connectivity index (χ0v) is 18.2. The molecule has 3 atom stereocenters. The molecule has 8 nitrogen and oxygen atoms in total. The molecule has 168 valence electrons. The fourth-order valence-corrected chi connectivity index (χ4v) is 5.18. The van der Waals surface area contributed by atoms with Gasteiger partial charge in [0.05, 0.1) is 18.5 Å². The number of rotatable bonds is 5. The number of halogens is 1. The fraction of sp³-hybridized carbons (Fsp3) is 0.636. The van der Waals surface area contributed by atoms with Crippen LogP contribution in [0.15, 0.2) is 24.5 Å². The van der Waals surface area contributed by atoms with Crippen LogP contribution in [0.4, 0.5) is 4.39 Å². The third-order valence-corrected chi connectivity index (χ3v) is 6.87. The monoisotopic (exact) mass is 430 g/mol. The minimum atomic E-state index is -1.01. The number of aromatic nitrogens is 3. The molecular formula is C22H31FN6O2. The molecule has 2 N–H and O–H groups in total. The molecule has 0 radical (unpaired) electrons. The van der Waals surface area contributed by atoms with Crippen molar-refractivity contribution >= 4 is 17.5 Å². The molecule has 0 bridgehead atoms. The van der Waals surface area contributed by atoms with Gasteiger partial charge >= 0.3 is 0 Å². The summed E-state index contributed by atoms with van der Waals surface area (Å²) in [5.74, 6) is -0.698. The van der Waals surface area contributed by atoms with Crippen molar-refractivity contribution in [1.29, 1.82) is 0 Å². The molecule has 2 aliphatic rings. The highest BCUT2D eigenvalue weighted by Gasteiger charge is 2.42. The normalized spacial score (nSPS) is 26.1. The Balaban J connectivity index is 1.49. The average molecular weight is 431 g/mol. The lowest BCUT2D eigenvalue weighted by molar-refractivity contribution is -0.143. The first-order chi connectivity index (χ1) is 14.9. The number of nitrogens with zero attached hydrogens (tertiary/aromatic N) is 5. The van der Waals surface area contributed by atoms with E-state index in [-0.39, 0.29) is 24.3 Å². The van der Waals surface area contributed by atoms with Gasteiger partial charge in [0.25, 0.3) is 0 Å². The molecule has 1 unspecified atom stereocenters. The maximum absolute atomic E-state index is 13.6. The summed E-state index contributed by atoms with van der Waals surface area (Å²) in [5, 5.41) is 4.35. The van der Waals surface area contributed by atoms with Crippen molar-refractivity contribution in [2.75, 3.05) is 27.2 Å². The van der Waals surface area contributed by atoms with E-state index in [9.17, 15) is 14.0 Å². The molecule has 1 saturated heterocycles. The Morgan fingerprint density at radius 3 is 2.58 bits per heavy atom. The van der Waals surface area contributed by atoms with Gasteiger partial charge in [0, 0.05) is 32.3 Å². The summed E-state index contributed by atoms with van der Waals surface area (Å²) in [6, 6.07) is 5.05.